The molecule has 1 saturated carbocycles. The van der Waals surface area contributed by atoms with Crippen LogP contribution in [0.4, 0.5) is 5.69 Å². The Morgan fingerprint density at radius 1 is 0.956 bits per heavy atom. The molecule has 4 N–H and O–H groups in total. The summed E-state index contributed by atoms with van der Waals surface area (Å²) in [6, 6.07) is 6.12. The zero-order chi connectivity index (χ0) is 50.6. The number of rotatable bonds is 14. The number of ether oxygens (including phenoxy) is 5. The molecule has 3 heterocycles. The molecule has 2 aliphatic heterocycles. The lowest BCUT2D eigenvalue weighted by molar-refractivity contribution is -0.384. The predicted octanol–water partition coefficient (Wildman–Crippen LogP) is 4.94. The Balaban J connectivity index is 1.46. The first-order chi connectivity index (χ1) is 31.8. The average molecular weight is 960 g/mol. The Kier molecular flexibility index (Phi) is 18.5. The first-order valence-corrected chi connectivity index (χ1v) is 24.6. The fraction of sp³-hybridized carbons (Fsp3) is 0.800. The number of aromatic nitrogens is 3. The molecule has 384 valence electrons. The largest absolute Gasteiger partial charge is 0.459 e. The number of aryl methyl sites for hydroxylation is 2. The normalized spacial score (nSPS) is 40.2. The number of non-ortho nitro benzene ring substituents is 1. The molecule has 0 radical (unpaired) electrons. The van der Waals surface area contributed by atoms with Crippen molar-refractivity contribution in [2.75, 3.05) is 27.8 Å². The minimum Gasteiger partial charge on any atom is -0.459 e. The minimum atomic E-state index is -1.96. The molecule has 18 heteroatoms. The molecule has 0 amide bonds. The molecule has 2 saturated heterocycles. The van der Waals surface area contributed by atoms with Crippen LogP contribution in [0.25, 0.3) is 0 Å². The average Bonchev–Trinajstić information content (AvgIpc) is 3.77. The van der Waals surface area contributed by atoms with Crippen LogP contribution in [0.3, 0.4) is 0 Å². The third kappa shape index (κ3) is 12.2. The van der Waals surface area contributed by atoms with Crippen LogP contribution in [0.5, 0.6) is 0 Å². The van der Waals surface area contributed by atoms with Gasteiger partial charge in [0, 0.05) is 69.9 Å². The van der Waals surface area contributed by atoms with Crippen molar-refractivity contribution in [1.29, 1.82) is 0 Å². The topological polar surface area (TPSA) is 238 Å². The maximum atomic E-state index is 14.6. The number of nitro benzene ring substituents is 1. The number of benzene rings is 1. The Morgan fingerprint density at radius 2 is 1.63 bits per heavy atom. The van der Waals surface area contributed by atoms with Crippen molar-refractivity contribution in [3.05, 3.63) is 51.8 Å². The highest BCUT2D eigenvalue weighted by Crippen LogP contribution is 2.49. The number of cyclic esters (lactones) is 1. The van der Waals surface area contributed by atoms with E-state index in [1.807, 2.05) is 53.9 Å². The van der Waals surface area contributed by atoms with Crippen molar-refractivity contribution in [3.8, 4) is 0 Å². The number of Topliss-reactive ketones (excluding diaryl/α,β-unsaturated/α-hetero) is 1. The maximum Gasteiger partial charge on any atom is 0.309 e. The first-order valence-electron chi connectivity index (χ1n) is 24.6. The number of likely N-dealkylation sites (N-methyl/N-ethyl adjacent to an activating group) is 1. The molecular weight excluding hydrogens is 879 g/mol. The van der Waals surface area contributed by atoms with E-state index in [9.17, 15) is 40.1 Å². The van der Waals surface area contributed by atoms with Gasteiger partial charge < -0.3 is 49.0 Å². The lowest BCUT2D eigenvalue weighted by atomic mass is 9.60. The lowest BCUT2D eigenvalue weighted by Crippen LogP contribution is -2.61. The fourth-order valence-electron chi connectivity index (χ4n) is 11.9. The second-order valence-electron chi connectivity index (χ2n) is 21.2. The van der Waals surface area contributed by atoms with Gasteiger partial charge in [0.15, 0.2) is 6.29 Å². The molecule has 5 rings (SSSR count). The van der Waals surface area contributed by atoms with Gasteiger partial charge in [0.05, 0.1) is 52.2 Å². The Labute approximate surface area is 402 Å². The number of hydrogen-bond acceptors (Lipinski definition) is 16. The summed E-state index contributed by atoms with van der Waals surface area (Å²) in [5, 5.41) is 67.1. The zero-order valence-corrected chi connectivity index (χ0v) is 42.6. The van der Waals surface area contributed by atoms with Crippen LogP contribution in [-0.4, -0.2) is 151 Å². The Hall–Kier alpha value is -3.46. The van der Waals surface area contributed by atoms with Crippen LogP contribution in [0.15, 0.2) is 30.5 Å². The van der Waals surface area contributed by atoms with Gasteiger partial charge >= 0.3 is 5.97 Å². The van der Waals surface area contributed by atoms with Crippen molar-refractivity contribution in [3.63, 3.8) is 0 Å². The number of esters is 1. The third-order valence-corrected chi connectivity index (χ3v) is 16.1. The van der Waals surface area contributed by atoms with Gasteiger partial charge in [-0.3, -0.25) is 24.4 Å². The van der Waals surface area contributed by atoms with E-state index >= 15 is 0 Å². The van der Waals surface area contributed by atoms with Crippen LogP contribution in [-0.2, 0) is 52.7 Å². The van der Waals surface area contributed by atoms with Crippen LogP contribution in [0.1, 0.15) is 113 Å². The minimum absolute atomic E-state index is 0.0385. The lowest BCUT2D eigenvalue weighted by Gasteiger charge is -2.52. The molecule has 0 spiro atoms. The highest BCUT2D eigenvalue weighted by Gasteiger charge is 2.55. The molecule has 1 aliphatic carbocycles. The summed E-state index contributed by atoms with van der Waals surface area (Å²) < 4.78 is 34.0. The summed E-state index contributed by atoms with van der Waals surface area (Å²) in [4.78, 5) is 41.8. The van der Waals surface area contributed by atoms with E-state index in [-0.39, 0.29) is 42.3 Å². The number of carbonyl (C=O) groups excluding carboxylic acids is 2. The van der Waals surface area contributed by atoms with Gasteiger partial charge in [-0.1, -0.05) is 58.9 Å². The van der Waals surface area contributed by atoms with Gasteiger partial charge in [-0.05, 0) is 103 Å². The highest BCUT2D eigenvalue weighted by molar-refractivity contribution is 5.83. The summed E-state index contributed by atoms with van der Waals surface area (Å²) in [5.74, 6) is -4.92. The van der Waals surface area contributed by atoms with Crippen LogP contribution in [0, 0.1) is 51.5 Å². The number of ketones is 1. The van der Waals surface area contributed by atoms with Gasteiger partial charge in [0.25, 0.3) is 5.69 Å². The zero-order valence-electron chi connectivity index (χ0n) is 42.6. The number of carbonyl (C=O) groups is 2. The molecule has 18 nitrogen and oxygen atoms in total. The SMILES string of the molecule is CC[C@H]1OC(=O)[C@H](C)[C@@H](C2C[C@@H](C)[C@H](O)[C@](C)(OC)C2)[C@H](C)[C@@H](O[C@@H]2O[C@H](C)C[C@H](N(C)CCc3cn(CCc4cccc([N+](=O)[O-])c4)nn3)[C@H]2O)[C@](C)(OC)C[C@@H](C)C(=O)[C@H](C)[C@@H](O)[C@]1(C)O. The van der Waals surface area contributed by atoms with Gasteiger partial charge in [0.1, 0.15) is 23.6 Å². The number of hydrogen-bond donors (Lipinski definition) is 4. The van der Waals surface area contributed by atoms with Crippen LogP contribution in [0.2, 0.25) is 0 Å². The molecule has 1 unspecified atom stereocenters. The summed E-state index contributed by atoms with van der Waals surface area (Å²) in [6.45, 7) is 18.9. The number of methoxy groups -OCH3 is 2. The highest BCUT2D eigenvalue weighted by atomic mass is 16.7. The molecule has 1 aromatic heterocycles. The summed E-state index contributed by atoms with van der Waals surface area (Å²) in [5.41, 5.74) is -2.54. The Bertz CT molecular complexity index is 2000. The van der Waals surface area contributed by atoms with Gasteiger partial charge in [0.2, 0.25) is 0 Å². The van der Waals surface area contributed by atoms with Gasteiger partial charge in [-0.2, -0.15) is 0 Å². The second kappa shape index (κ2) is 22.7. The van der Waals surface area contributed by atoms with E-state index in [1.165, 1.54) is 13.0 Å². The Morgan fingerprint density at radius 3 is 2.26 bits per heavy atom. The molecule has 1 aromatic carbocycles. The van der Waals surface area contributed by atoms with E-state index in [1.54, 1.807) is 58.7 Å². The van der Waals surface area contributed by atoms with E-state index in [0.717, 1.165) is 11.3 Å². The molecule has 0 bridgehead atoms. The smallest absolute Gasteiger partial charge is 0.309 e. The van der Waals surface area contributed by atoms with Gasteiger partial charge in [-0.25, -0.2) is 0 Å². The quantitative estimate of drug-likeness (QED) is 0.111. The standard InChI is InChI=1S/C50H81N5O13/c1-14-39-50(10,61)44(59)33(7)41(56)29(3)25-49(9,65-13)45(31(5)40(32(6)46(60)67-39)35-22-28(2)43(58)48(8,26-35)64-12)68-47-42(57)38(23-30(4)66-47)53(11)20-19-36-27-54(52-51-36)21-18-34-16-15-17-37(24-34)55(62)63/h15-17,24,27-33,35,38-40,42-45,47,57-59,61H,14,18-23,25-26H2,1-13H3/t28-,29-,30-,31+,32-,33+,35?,38+,39-,40+,42-,43+,44-,45-,47+,48-,49-,50-/m1/s1. The maximum absolute atomic E-state index is 14.6. The summed E-state index contributed by atoms with van der Waals surface area (Å²) in [6.07, 6.45) is -2.36. The van der Waals surface area contributed by atoms with Crippen molar-refractivity contribution < 1.29 is 58.6 Å². The molecule has 3 aliphatic rings. The van der Waals surface area contributed by atoms with Crippen LogP contribution < -0.4 is 0 Å². The van der Waals surface area contributed by atoms with E-state index in [2.05, 4.69) is 15.2 Å². The molecule has 3 fully saturated rings. The van der Waals surface area contributed by atoms with Crippen molar-refractivity contribution >= 4 is 17.4 Å². The third-order valence-electron chi connectivity index (χ3n) is 16.1. The molecule has 2 aromatic rings. The van der Waals surface area contributed by atoms with E-state index in [0.29, 0.717) is 45.2 Å². The van der Waals surface area contributed by atoms with Crippen molar-refractivity contribution in [2.45, 2.75) is 186 Å². The molecule has 18 atom stereocenters. The monoisotopic (exact) mass is 960 g/mol. The van der Waals surface area contributed by atoms with E-state index in [4.69, 9.17) is 23.7 Å². The summed E-state index contributed by atoms with van der Waals surface area (Å²) in [7, 11) is 5.05. The van der Waals surface area contributed by atoms with E-state index < -0.39 is 100 Å². The van der Waals surface area contributed by atoms with Crippen molar-refractivity contribution in [2.24, 2.45) is 41.4 Å². The molecular formula is C50H81N5O13. The number of nitro groups is 1. The van der Waals surface area contributed by atoms with Gasteiger partial charge in [-0.15, -0.1) is 5.10 Å². The fourth-order valence-corrected chi connectivity index (χ4v) is 11.9. The number of aliphatic hydroxyl groups excluding tert-OH is 3. The second-order valence-corrected chi connectivity index (χ2v) is 21.2. The first kappa shape index (κ1) is 55.5. The van der Waals surface area contributed by atoms with Crippen LogP contribution >= 0.6 is 0 Å². The molecule has 68 heavy (non-hydrogen) atoms. The van der Waals surface area contributed by atoms with Crippen molar-refractivity contribution in [1.82, 2.24) is 19.9 Å². The number of nitrogens with zero attached hydrogens (tertiary/aromatic N) is 5. The summed E-state index contributed by atoms with van der Waals surface area (Å²) >= 11 is 0. The number of aliphatic hydroxyl groups is 4. The predicted molar refractivity (Wildman–Crippen MR) is 252 cm³/mol.